The Kier molecular flexibility index (Phi) is 3.39. The normalized spacial score (nSPS) is 13.8. The number of alkyl halides is 2. The first kappa shape index (κ1) is 6.88. The molecule has 0 aromatic carbocycles. The van der Waals surface area contributed by atoms with Gasteiger partial charge in [0, 0.05) is 0 Å². The van der Waals surface area contributed by atoms with Crippen LogP contribution >= 0.6 is 38.5 Å². The standard InChI is InChI=1S/C3H4BrIO/c1-2(6)3(4)5/h3H,1H3. The molecule has 0 bridgehead atoms. The van der Waals surface area contributed by atoms with Crippen molar-refractivity contribution in [1.29, 1.82) is 0 Å². The number of hydrogen-bond acceptors (Lipinski definition) is 1. The van der Waals surface area contributed by atoms with Crippen molar-refractivity contribution in [3.8, 4) is 0 Å². The SMILES string of the molecule is CC(=O)C(Br)I. The molecule has 0 aromatic rings. The monoisotopic (exact) mass is 262 g/mol. The molecule has 0 rings (SSSR count). The second-order valence-corrected chi connectivity index (χ2v) is 4.78. The summed E-state index contributed by atoms with van der Waals surface area (Å²) in [7, 11) is 0. The molecule has 6 heavy (non-hydrogen) atoms. The fourth-order valence-electron chi connectivity index (χ4n) is 0. The summed E-state index contributed by atoms with van der Waals surface area (Å²) in [5.74, 6) is 0.163. The molecule has 1 unspecified atom stereocenters. The topological polar surface area (TPSA) is 17.1 Å². The molecular formula is C3H4BrIO. The highest BCUT2D eigenvalue weighted by atomic mass is 127. The number of carbonyl (C=O) groups excluding carboxylic acids is 1. The third-order valence-electron chi connectivity index (χ3n) is 0.307. The molecule has 3 heteroatoms. The van der Waals surface area contributed by atoms with Gasteiger partial charge in [0.15, 0.2) is 5.78 Å². The number of carbonyl (C=O) groups is 1. The number of Topliss-reactive ketones (excluding diaryl/α,β-unsaturated/α-hetero) is 1. The highest BCUT2D eigenvalue weighted by Crippen LogP contribution is 2.08. The Bertz CT molecular complexity index is 61.8. The Morgan fingerprint density at radius 1 is 2.00 bits per heavy atom. The summed E-state index contributed by atoms with van der Waals surface area (Å²) < 4.78 is -0.00454. The minimum Gasteiger partial charge on any atom is -0.298 e. The molecule has 0 saturated heterocycles. The summed E-state index contributed by atoms with van der Waals surface area (Å²) in [5, 5.41) is 0. The minimum absolute atomic E-state index is 0.00454. The maximum Gasteiger partial charge on any atom is 0.153 e. The van der Waals surface area contributed by atoms with Crippen molar-refractivity contribution in [3.05, 3.63) is 0 Å². The predicted octanol–water partition coefficient (Wildman–Crippen LogP) is 1.73. The zero-order valence-corrected chi connectivity index (χ0v) is 6.99. The molecule has 0 radical (unpaired) electrons. The fourth-order valence-corrected chi connectivity index (χ4v) is 0. The van der Waals surface area contributed by atoms with Gasteiger partial charge in [-0.25, -0.2) is 0 Å². The van der Waals surface area contributed by atoms with Crippen molar-refractivity contribution in [1.82, 2.24) is 0 Å². The molecule has 0 aliphatic heterocycles. The van der Waals surface area contributed by atoms with Crippen LogP contribution in [-0.4, -0.2) is 8.62 Å². The summed E-state index contributed by atoms with van der Waals surface area (Å²) in [4.78, 5) is 10.1. The Morgan fingerprint density at radius 2 is 2.17 bits per heavy atom. The van der Waals surface area contributed by atoms with E-state index in [1.807, 2.05) is 22.6 Å². The van der Waals surface area contributed by atoms with Crippen molar-refractivity contribution in [2.45, 2.75) is 9.76 Å². The number of rotatable bonds is 1. The van der Waals surface area contributed by atoms with Crippen LogP contribution < -0.4 is 0 Å². The minimum atomic E-state index is -0.00454. The van der Waals surface area contributed by atoms with Crippen LogP contribution in [0.5, 0.6) is 0 Å². The molecule has 0 spiro atoms. The lowest BCUT2D eigenvalue weighted by atomic mass is 10.5. The van der Waals surface area contributed by atoms with Gasteiger partial charge in [-0.3, -0.25) is 4.79 Å². The molecule has 0 aliphatic rings. The van der Waals surface area contributed by atoms with E-state index in [0.29, 0.717) is 0 Å². The van der Waals surface area contributed by atoms with Gasteiger partial charge in [0.1, 0.15) is 2.83 Å². The van der Waals surface area contributed by atoms with E-state index >= 15 is 0 Å². The lowest BCUT2D eigenvalue weighted by Gasteiger charge is -1.86. The van der Waals surface area contributed by atoms with Crippen LogP contribution in [0.1, 0.15) is 6.92 Å². The Morgan fingerprint density at radius 3 is 2.17 bits per heavy atom. The molecule has 0 heterocycles. The third kappa shape index (κ3) is 3.08. The first-order chi connectivity index (χ1) is 2.64. The zero-order chi connectivity index (χ0) is 5.15. The zero-order valence-electron chi connectivity index (χ0n) is 3.24. The number of ketones is 1. The van der Waals surface area contributed by atoms with Gasteiger partial charge in [0.05, 0.1) is 0 Å². The van der Waals surface area contributed by atoms with Crippen LogP contribution in [0.2, 0.25) is 0 Å². The lowest BCUT2D eigenvalue weighted by molar-refractivity contribution is -0.114. The first-order valence-electron chi connectivity index (χ1n) is 1.43. The van der Waals surface area contributed by atoms with Crippen molar-refractivity contribution in [2.24, 2.45) is 0 Å². The molecule has 36 valence electrons. The highest BCUT2D eigenvalue weighted by Gasteiger charge is 1.99. The van der Waals surface area contributed by atoms with E-state index in [0.717, 1.165) is 0 Å². The van der Waals surface area contributed by atoms with Gasteiger partial charge < -0.3 is 0 Å². The van der Waals surface area contributed by atoms with E-state index in [1.54, 1.807) is 6.92 Å². The largest absolute Gasteiger partial charge is 0.298 e. The van der Waals surface area contributed by atoms with E-state index in [2.05, 4.69) is 15.9 Å². The van der Waals surface area contributed by atoms with E-state index in [9.17, 15) is 4.79 Å². The van der Waals surface area contributed by atoms with E-state index in [-0.39, 0.29) is 8.62 Å². The average Bonchev–Trinajstić information content (AvgIpc) is 1.36. The van der Waals surface area contributed by atoms with Gasteiger partial charge in [-0.2, -0.15) is 0 Å². The van der Waals surface area contributed by atoms with Crippen LogP contribution in [-0.2, 0) is 4.79 Å². The van der Waals surface area contributed by atoms with Crippen molar-refractivity contribution < 1.29 is 4.79 Å². The predicted molar refractivity (Wildman–Crippen MR) is 37.4 cm³/mol. The quantitative estimate of drug-likeness (QED) is 0.520. The summed E-state index contributed by atoms with van der Waals surface area (Å²) in [6.07, 6.45) is 0. The summed E-state index contributed by atoms with van der Waals surface area (Å²) >= 11 is 5.08. The fraction of sp³-hybridized carbons (Fsp3) is 0.667. The average molecular weight is 263 g/mol. The van der Waals surface area contributed by atoms with Gasteiger partial charge in [-0.15, -0.1) is 0 Å². The first-order valence-corrected chi connectivity index (χ1v) is 3.59. The molecule has 0 fully saturated rings. The molecule has 0 N–H and O–H groups in total. The second kappa shape index (κ2) is 2.96. The summed E-state index contributed by atoms with van der Waals surface area (Å²) in [5.41, 5.74) is 0. The third-order valence-corrected chi connectivity index (χ3v) is 1.83. The molecule has 0 aliphatic carbocycles. The highest BCUT2D eigenvalue weighted by molar-refractivity contribution is 14.1. The van der Waals surface area contributed by atoms with Gasteiger partial charge in [0.25, 0.3) is 0 Å². The smallest absolute Gasteiger partial charge is 0.153 e. The van der Waals surface area contributed by atoms with Crippen LogP contribution in [0.25, 0.3) is 0 Å². The molecular weight excluding hydrogens is 259 g/mol. The maximum atomic E-state index is 10.1. The van der Waals surface area contributed by atoms with Crippen LogP contribution in [0.3, 0.4) is 0 Å². The molecule has 0 amide bonds. The molecule has 1 atom stereocenters. The van der Waals surface area contributed by atoms with Gasteiger partial charge in [0.2, 0.25) is 0 Å². The van der Waals surface area contributed by atoms with Crippen LogP contribution in [0.15, 0.2) is 0 Å². The number of hydrogen-bond donors (Lipinski definition) is 0. The summed E-state index contributed by atoms with van der Waals surface area (Å²) in [6.45, 7) is 1.55. The molecule has 1 nitrogen and oxygen atoms in total. The number of halogens is 2. The Labute approximate surface area is 58.8 Å². The van der Waals surface area contributed by atoms with Crippen LogP contribution in [0.4, 0.5) is 0 Å². The van der Waals surface area contributed by atoms with E-state index < -0.39 is 0 Å². The van der Waals surface area contributed by atoms with Gasteiger partial charge in [-0.05, 0) is 6.92 Å². The van der Waals surface area contributed by atoms with E-state index in [4.69, 9.17) is 0 Å². The maximum absolute atomic E-state index is 10.1. The Balaban J connectivity index is 3.26. The van der Waals surface area contributed by atoms with Crippen LogP contribution in [0, 0.1) is 0 Å². The van der Waals surface area contributed by atoms with Gasteiger partial charge in [-0.1, -0.05) is 38.5 Å². The molecule has 0 aromatic heterocycles. The van der Waals surface area contributed by atoms with Crippen molar-refractivity contribution in [2.75, 3.05) is 0 Å². The molecule has 0 saturated carbocycles. The van der Waals surface area contributed by atoms with Crippen molar-refractivity contribution in [3.63, 3.8) is 0 Å². The second-order valence-electron chi connectivity index (χ2n) is 0.911. The van der Waals surface area contributed by atoms with Gasteiger partial charge >= 0.3 is 0 Å². The Hall–Kier alpha value is 0.880. The van der Waals surface area contributed by atoms with Crippen molar-refractivity contribution >= 4 is 44.3 Å². The lowest BCUT2D eigenvalue weighted by Crippen LogP contribution is -1.97. The van der Waals surface area contributed by atoms with E-state index in [1.165, 1.54) is 0 Å². The summed E-state index contributed by atoms with van der Waals surface area (Å²) in [6, 6.07) is 0.